The van der Waals surface area contributed by atoms with E-state index < -0.39 is 12.0 Å². The first-order valence-corrected chi connectivity index (χ1v) is 15.3. The van der Waals surface area contributed by atoms with Gasteiger partial charge >= 0.3 is 5.97 Å². The summed E-state index contributed by atoms with van der Waals surface area (Å²) >= 11 is 11.1. The zero-order chi connectivity index (χ0) is 30.7. The number of allylic oxidation sites excluding steroid dienone is 1. The lowest BCUT2D eigenvalue weighted by Crippen LogP contribution is -2.39. The highest BCUT2D eigenvalue weighted by Crippen LogP contribution is 2.38. The summed E-state index contributed by atoms with van der Waals surface area (Å²) in [6, 6.07) is 17.6. The maximum atomic E-state index is 14.0. The Balaban J connectivity index is 1.58. The van der Waals surface area contributed by atoms with Gasteiger partial charge in [0.05, 0.1) is 47.1 Å². The Morgan fingerprint density at radius 1 is 1.12 bits per heavy atom. The second kappa shape index (κ2) is 13.2. The van der Waals surface area contributed by atoms with Gasteiger partial charge in [0.25, 0.3) is 5.56 Å². The van der Waals surface area contributed by atoms with Crippen LogP contribution in [-0.4, -0.2) is 31.4 Å². The van der Waals surface area contributed by atoms with Gasteiger partial charge in [0.2, 0.25) is 0 Å². The van der Waals surface area contributed by atoms with Crippen LogP contribution in [0.4, 0.5) is 0 Å². The van der Waals surface area contributed by atoms with Crippen LogP contribution in [0.3, 0.4) is 0 Å². The van der Waals surface area contributed by atoms with E-state index in [1.54, 1.807) is 56.9 Å². The first-order valence-electron chi connectivity index (χ1n) is 13.3. The van der Waals surface area contributed by atoms with Crippen LogP contribution in [0.25, 0.3) is 6.08 Å². The number of carbonyl (C=O) groups excluding carboxylic acids is 1. The molecule has 0 amide bonds. The molecule has 0 aliphatic carbocycles. The van der Waals surface area contributed by atoms with E-state index in [-0.39, 0.29) is 18.8 Å². The fourth-order valence-corrected chi connectivity index (χ4v) is 6.58. The van der Waals surface area contributed by atoms with E-state index >= 15 is 0 Å². The molecule has 0 unspecified atom stereocenters. The molecule has 0 spiro atoms. The molecule has 0 fully saturated rings. The molecule has 1 atom stereocenters. The normalized spacial score (nSPS) is 14.7. The maximum Gasteiger partial charge on any atom is 0.338 e. The predicted molar refractivity (Wildman–Crippen MR) is 170 cm³/mol. The molecule has 4 aromatic rings. The van der Waals surface area contributed by atoms with Gasteiger partial charge in [-0.3, -0.25) is 9.36 Å². The number of methoxy groups -OCH3 is 2. The number of thiazole rings is 1. The summed E-state index contributed by atoms with van der Waals surface area (Å²) in [6.45, 7) is 3.94. The number of ether oxygens (including phenoxy) is 4. The number of hydrogen-bond acceptors (Lipinski definition) is 8. The van der Waals surface area contributed by atoms with Crippen molar-refractivity contribution in [1.82, 2.24) is 4.57 Å². The molecule has 0 bridgehead atoms. The molecular weight excluding hydrogens is 656 g/mol. The third-order valence-corrected chi connectivity index (χ3v) is 8.77. The molecule has 1 aliphatic heterocycles. The van der Waals surface area contributed by atoms with E-state index in [9.17, 15) is 9.59 Å². The number of rotatable bonds is 9. The molecule has 1 aliphatic rings. The minimum atomic E-state index is -0.717. The molecule has 0 saturated heterocycles. The second-order valence-corrected chi connectivity index (χ2v) is 11.8. The summed E-state index contributed by atoms with van der Waals surface area (Å²) in [6.07, 6.45) is 1.77. The van der Waals surface area contributed by atoms with Gasteiger partial charge < -0.3 is 18.9 Å². The van der Waals surface area contributed by atoms with Crippen LogP contribution in [0.15, 0.2) is 86.2 Å². The van der Waals surface area contributed by atoms with Gasteiger partial charge in [-0.2, -0.15) is 0 Å². The van der Waals surface area contributed by atoms with Crippen molar-refractivity contribution in [1.29, 1.82) is 0 Å². The summed E-state index contributed by atoms with van der Waals surface area (Å²) in [5, 5.41) is 0.610. The summed E-state index contributed by atoms with van der Waals surface area (Å²) in [4.78, 5) is 32.2. The van der Waals surface area contributed by atoms with Crippen molar-refractivity contribution in [2.75, 3.05) is 20.8 Å². The Morgan fingerprint density at radius 2 is 1.86 bits per heavy atom. The quantitative estimate of drug-likeness (QED) is 0.207. The van der Waals surface area contributed by atoms with Gasteiger partial charge in [-0.25, -0.2) is 9.79 Å². The monoisotopic (exact) mass is 682 g/mol. The van der Waals surface area contributed by atoms with Crippen molar-refractivity contribution in [3.8, 4) is 17.2 Å². The molecule has 43 heavy (non-hydrogen) atoms. The van der Waals surface area contributed by atoms with Gasteiger partial charge in [0, 0.05) is 10.6 Å². The average Bonchev–Trinajstić information content (AvgIpc) is 3.30. The van der Waals surface area contributed by atoms with Gasteiger partial charge in [-0.15, -0.1) is 0 Å². The van der Waals surface area contributed by atoms with Crippen LogP contribution in [-0.2, 0) is 16.1 Å². The van der Waals surface area contributed by atoms with Crippen LogP contribution in [0.1, 0.15) is 36.6 Å². The summed E-state index contributed by atoms with van der Waals surface area (Å²) in [7, 11) is 3.13. The number of nitrogens with zero attached hydrogens (tertiary/aromatic N) is 2. The number of hydrogen-bond donors (Lipinski definition) is 0. The molecular formula is C32H28BrClN2O6S. The number of fused-ring (bicyclic) bond motifs is 1. The maximum absolute atomic E-state index is 14.0. The van der Waals surface area contributed by atoms with Crippen molar-refractivity contribution in [2.24, 2.45) is 4.99 Å². The van der Waals surface area contributed by atoms with Gasteiger partial charge in [0.15, 0.2) is 16.3 Å². The smallest absolute Gasteiger partial charge is 0.338 e. The fourth-order valence-electron chi connectivity index (χ4n) is 4.77. The molecule has 1 aromatic heterocycles. The minimum Gasteiger partial charge on any atom is -0.497 e. The Kier molecular flexibility index (Phi) is 9.39. The van der Waals surface area contributed by atoms with Gasteiger partial charge in [-0.05, 0) is 77.3 Å². The SMILES string of the molecule is CCOC(=O)C1=C(C)N=c2s/c(=C/c3cc(Br)c(OCc4ccccc4Cl)c(OC)c3)c(=O)n2[C@@H]1c1ccc(OC)cc1. The van der Waals surface area contributed by atoms with Crippen molar-refractivity contribution in [2.45, 2.75) is 26.5 Å². The van der Waals surface area contributed by atoms with Crippen LogP contribution < -0.4 is 29.1 Å². The summed E-state index contributed by atoms with van der Waals surface area (Å²) in [5.74, 6) is 1.14. The zero-order valence-electron chi connectivity index (χ0n) is 23.9. The van der Waals surface area contributed by atoms with Crippen LogP contribution in [0, 0.1) is 0 Å². The number of esters is 1. The Labute approximate surface area is 265 Å². The first kappa shape index (κ1) is 30.6. The molecule has 8 nitrogen and oxygen atoms in total. The lowest BCUT2D eigenvalue weighted by molar-refractivity contribution is -0.139. The summed E-state index contributed by atoms with van der Waals surface area (Å²) < 4.78 is 25.0. The zero-order valence-corrected chi connectivity index (χ0v) is 27.0. The van der Waals surface area contributed by atoms with Crippen LogP contribution in [0.2, 0.25) is 5.02 Å². The Hall–Kier alpha value is -3.86. The van der Waals surface area contributed by atoms with E-state index in [0.29, 0.717) is 52.9 Å². The third kappa shape index (κ3) is 6.27. The van der Waals surface area contributed by atoms with E-state index in [1.165, 1.54) is 11.3 Å². The molecule has 0 N–H and O–H groups in total. The number of aromatic nitrogens is 1. The molecule has 0 saturated carbocycles. The molecule has 5 rings (SSSR count). The molecule has 2 heterocycles. The Bertz CT molecular complexity index is 1900. The standard InChI is InChI=1S/C32H28BrClN2O6S/c1-5-41-31(38)27-18(2)35-32-36(28(27)20-10-12-22(39-3)13-11-20)30(37)26(43-32)16-19-14-23(33)29(25(15-19)40-4)42-17-21-8-6-7-9-24(21)34/h6-16,28H,5,17H2,1-4H3/b26-16+/t28-/m1/s1. The average molecular weight is 684 g/mol. The highest BCUT2D eigenvalue weighted by atomic mass is 79.9. The largest absolute Gasteiger partial charge is 0.497 e. The molecule has 11 heteroatoms. The van der Waals surface area contributed by atoms with Crippen molar-refractivity contribution < 1.29 is 23.7 Å². The molecule has 3 aromatic carbocycles. The van der Waals surface area contributed by atoms with E-state index in [2.05, 4.69) is 20.9 Å². The van der Waals surface area contributed by atoms with Gasteiger partial charge in [0.1, 0.15) is 12.4 Å². The topological polar surface area (TPSA) is 88.4 Å². The van der Waals surface area contributed by atoms with Crippen molar-refractivity contribution in [3.05, 3.63) is 118 Å². The van der Waals surface area contributed by atoms with Crippen molar-refractivity contribution >= 4 is 50.9 Å². The van der Waals surface area contributed by atoms with Crippen LogP contribution in [0.5, 0.6) is 17.2 Å². The van der Waals surface area contributed by atoms with E-state index in [4.69, 9.17) is 30.5 Å². The summed E-state index contributed by atoms with van der Waals surface area (Å²) in [5.41, 5.74) is 2.81. The van der Waals surface area contributed by atoms with E-state index in [1.807, 2.05) is 42.5 Å². The number of halogens is 2. The molecule has 222 valence electrons. The second-order valence-electron chi connectivity index (χ2n) is 9.49. The Morgan fingerprint density at radius 3 is 2.53 bits per heavy atom. The first-order chi connectivity index (χ1) is 20.7. The predicted octanol–water partition coefficient (Wildman–Crippen LogP) is 5.81. The third-order valence-electron chi connectivity index (χ3n) is 6.83. The lowest BCUT2D eigenvalue weighted by Gasteiger charge is -2.24. The van der Waals surface area contributed by atoms with E-state index in [0.717, 1.165) is 11.1 Å². The van der Waals surface area contributed by atoms with Crippen molar-refractivity contribution in [3.63, 3.8) is 0 Å². The van der Waals surface area contributed by atoms with Crippen LogP contribution >= 0.6 is 38.9 Å². The highest BCUT2D eigenvalue weighted by molar-refractivity contribution is 9.10. The minimum absolute atomic E-state index is 0.199. The number of benzene rings is 3. The fraction of sp³-hybridized carbons (Fsp3) is 0.219. The number of carbonyl (C=O) groups is 1. The lowest BCUT2D eigenvalue weighted by atomic mass is 9.96. The van der Waals surface area contributed by atoms with Gasteiger partial charge in [-0.1, -0.05) is 53.3 Å². The highest BCUT2D eigenvalue weighted by Gasteiger charge is 2.33. The molecule has 0 radical (unpaired) electrons.